The van der Waals surface area contributed by atoms with E-state index in [0.29, 0.717) is 23.7 Å². The lowest BCUT2D eigenvalue weighted by atomic mass is 9.90. The molecule has 34 heavy (non-hydrogen) atoms. The van der Waals surface area contributed by atoms with Crippen molar-refractivity contribution in [3.05, 3.63) is 101 Å². The standard InChI is InChI=1S/C27H26N4O3/c1-18-11-13-19(14-12-18)23-16-24(22-9-4-5-10-25(22)34-3)31-27(28-17-29-31)30(23)26(32)20-7-6-8-21(15-20)33-2/h4-15,17,23-24H,16H2,1-3H3/t23-,24+/m0/s1. The number of ether oxygens (including phenoxy) is 2. The van der Waals surface area contributed by atoms with Gasteiger partial charge in [0.15, 0.2) is 0 Å². The molecule has 1 aromatic heterocycles. The Bertz CT molecular complexity index is 1320. The molecular weight excluding hydrogens is 428 g/mol. The van der Waals surface area contributed by atoms with E-state index in [0.717, 1.165) is 22.4 Å². The summed E-state index contributed by atoms with van der Waals surface area (Å²) >= 11 is 0. The molecule has 0 fully saturated rings. The Hall–Kier alpha value is -4.13. The third-order valence-electron chi connectivity index (χ3n) is 6.32. The molecule has 3 aromatic carbocycles. The normalized spacial score (nSPS) is 17.2. The molecular formula is C27H26N4O3. The Kier molecular flexibility index (Phi) is 5.76. The molecule has 0 radical (unpaired) electrons. The van der Waals surface area contributed by atoms with E-state index in [1.807, 2.05) is 41.1 Å². The summed E-state index contributed by atoms with van der Waals surface area (Å²) < 4.78 is 12.8. The van der Waals surface area contributed by atoms with Gasteiger partial charge in [-0.05, 0) is 43.2 Å². The number of anilines is 1. The fourth-order valence-corrected chi connectivity index (χ4v) is 4.59. The van der Waals surface area contributed by atoms with Gasteiger partial charge in [0.25, 0.3) is 5.91 Å². The zero-order valence-corrected chi connectivity index (χ0v) is 19.4. The van der Waals surface area contributed by atoms with Crippen LogP contribution in [-0.4, -0.2) is 34.9 Å². The number of para-hydroxylation sites is 1. The molecule has 0 spiro atoms. The summed E-state index contributed by atoms with van der Waals surface area (Å²) in [4.78, 5) is 20.2. The van der Waals surface area contributed by atoms with Crippen LogP contribution in [0.2, 0.25) is 0 Å². The van der Waals surface area contributed by atoms with Gasteiger partial charge in [-0.25, -0.2) is 4.68 Å². The topological polar surface area (TPSA) is 69.5 Å². The quantitative estimate of drug-likeness (QED) is 0.425. The van der Waals surface area contributed by atoms with E-state index >= 15 is 0 Å². The van der Waals surface area contributed by atoms with Gasteiger partial charge in [0.1, 0.15) is 17.8 Å². The number of fused-ring (bicyclic) bond motifs is 1. The van der Waals surface area contributed by atoms with E-state index in [4.69, 9.17) is 9.47 Å². The van der Waals surface area contributed by atoms with Crippen molar-refractivity contribution in [2.24, 2.45) is 0 Å². The van der Waals surface area contributed by atoms with Gasteiger partial charge in [-0.15, -0.1) is 0 Å². The molecule has 7 heteroatoms. The minimum Gasteiger partial charge on any atom is -0.497 e. The van der Waals surface area contributed by atoms with E-state index in [1.54, 1.807) is 31.3 Å². The highest BCUT2D eigenvalue weighted by atomic mass is 16.5. The fourth-order valence-electron chi connectivity index (χ4n) is 4.59. The van der Waals surface area contributed by atoms with Crippen LogP contribution in [0.3, 0.4) is 0 Å². The van der Waals surface area contributed by atoms with E-state index in [-0.39, 0.29) is 18.0 Å². The van der Waals surface area contributed by atoms with Crippen molar-refractivity contribution in [3.8, 4) is 11.5 Å². The summed E-state index contributed by atoms with van der Waals surface area (Å²) in [6.45, 7) is 2.05. The maximum atomic E-state index is 13.9. The van der Waals surface area contributed by atoms with Crippen LogP contribution in [0, 0.1) is 6.92 Å². The van der Waals surface area contributed by atoms with E-state index in [2.05, 4.69) is 41.3 Å². The minimum absolute atomic E-state index is 0.144. The van der Waals surface area contributed by atoms with Gasteiger partial charge in [-0.3, -0.25) is 9.69 Å². The highest BCUT2D eigenvalue weighted by molar-refractivity contribution is 6.06. The maximum absolute atomic E-state index is 13.9. The third kappa shape index (κ3) is 3.79. The smallest absolute Gasteiger partial charge is 0.261 e. The molecule has 0 N–H and O–H groups in total. The molecule has 172 valence electrons. The van der Waals surface area contributed by atoms with Crippen molar-refractivity contribution in [1.29, 1.82) is 0 Å². The van der Waals surface area contributed by atoms with E-state index < -0.39 is 0 Å². The zero-order valence-electron chi connectivity index (χ0n) is 19.4. The van der Waals surface area contributed by atoms with Crippen LogP contribution in [0.25, 0.3) is 0 Å². The predicted molar refractivity (Wildman–Crippen MR) is 129 cm³/mol. The molecule has 0 bridgehead atoms. The number of methoxy groups -OCH3 is 2. The zero-order chi connectivity index (χ0) is 23.7. The number of nitrogens with zero attached hydrogens (tertiary/aromatic N) is 4. The molecule has 0 saturated heterocycles. The second kappa shape index (κ2) is 9.02. The SMILES string of the molecule is COc1cccc(C(=O)N2c3ncnn3[C@@H](c3ccccc3OC)C[C@H]2c2ccc(C)cc2)c1. The monoisotopic (exact) mass is 454 g/mol. The molecule has 0 aliphatic carbocycles. The largest absolute Gasteiger partial charge is 0.497 e. The molecule has 1 aliphatic rings. The Morgan fingerprint density at radius 1 is 0.941 bits per heavy atom. The second-order valence-corrected chi connectivity index (χ2v) is 8.33. The summed E-state index contributed by atoms with van der Waals surface area (Å²) in [6.07, 6.45) is 2.12. The fraction of sp³-hybridized carbons (Fsp3) is 0.222. The summed E-state index contributed by atoms with van der Waals surface area (Å²) in [5.41, 5.74) is 3.73. The molecule has 2 atom stereocenters. The highest BCUT2D eigenvalue weighted by Crippen LogP contribution is 2.44. The average molecular weight is 455 g/mol. The van der Waals surface area contributed by atoms with Crippen molar-refractivity contribution in [2.45, 2.75) is 25.4 Å². The lowest BCUT2D eigenvalue weighted by Gasteiger charge is -2.39. The Morgan fingerprint density at radius 2 is 1.74 bits per heavy atom. The van der Waals surface area contributed by atoms with Gasteiger partial charge >= 0.3 is 0 Å². The molecule has 0 unspecified atom stereocenters. The molecule has 1 aliphatic heterocycles. The Morgan fingerprint density at radius 3 is 2.50 bits per heavy atom. The van der Waals surface area contributed by atoms with Gasteiger partial charge in [0.2, 0.25) is 5.95 Å². The van der Waals surface area contributed by atoms with Crippen LogP contribution in [0.5, 0.6) is 11.5 Å². The lowest BCUT2D eigenvalue weighted by Crippen LogP contribution is -2.42. The van der Waals surface area contributed by atoms with Crippen LogP contribution in [0.1, 0.15) is 45.6 Å². The maximum Gasteiger partial charge on any atom is 0.261 e. The van der Waals surface area contributed by atoms with Crippen LogP contribution in [0.15, 0.2) is 79.1 Å². The van der Waals surface area contributed by atoms with E-state index in [9.17, 15) is 4.79 Å². The molecule has 4 aromatic rings. The van der Waals surface area contributed by atoms with Crippen LogP contribution < -0.4 is 14.4 Å². The van der Waals surface area contributed by atoms with Crippen molar-refractivity contribution >= 4 is 11.9 Å². The first-order valence-corrected chi connectivity index (χ1v) is 11.2. The van der Waals surface area contributed by atoms with Crippen LogP contribution >= 0.6 is 0 Å². The molecule has 0 saturated carbocycles. The lowest BCUT2D eigenvalue weighted by molar-refractivity contribution is 0.0962. The van der Waals surface area contributed by atoms with E-state index in [1.165, 1.54) is 6.33 Å². The summed E-state index contributed by atoms with van der Waals surface area (Å²) in [5, 5.41) is 4.52. The number of rotatable bonds is 5. The number of hydrogen-bond acceptors (Lipinski definition) is 5. The number of carbonyl (C=O) groups excluding carboxylic acids is 1. The third-order valence-corrected chi connectivity index (χ3v) is 6.32. The van der Waals surface area contributed by atoms with Crippen LogP contribution in [0.4, 0.5) is 5.95 Å². The molecule has 1 amide bonds. The first kappa shape index (κ1) is 21.7. The van der Waals surface area contributed by atoms with Crippen molar-refractivity contribution < 1.29 is 14.3 Å². The molecule has 2 heterocycles. The molecule has 7 nitrogen and oxygen atoms in total. The number of amides is 1. The number of hydrogen-bond donors (Lipinski definition) is 0. The first-order chi connectivity index (χ1) is 16.6. The number of benzene rings is 3. The number of aromatic nitrogens is 3. The van der Waals surface area contributed by atoms with Crippen molar-refractivity contribution in [3.63, 3.8) is 0 Å². The number of aryl methyl sites for hydroxylation is 1. The van der Waals surface area contributed by atoms with Crippen molar-refractivity contribution in [1.82, 2.24) is 14.8 Å². The first-order valence-electron chi connectivity index (χ1n) is 11.2. The predicted octanol–water partition coefficient (Wildman–Crippen LogP) is 4.98. The van der Waals surface area contributed by atoms with Gasteiger partial charge in [0.05, 0.1) is 26.3 Å². The average Bonchev–Trinajstić information content (AvgIpc) is 3.38. The van der Waals surface area contributed by atoms with Crippen molar-refractivity contribution in [2.75, 3.05) is 19.1 Å². The van der Waals surface area contributed by atoms with Gasteiger partial charge < -0.3 is 9.47 Å². The highest BCUT2D eigenvalue weighted by Gasteiger charge is 2.40. The Balaban J connectivity index is 1.66. The summed E-state index contributed by atoms with van der Waals surface area (Å²) in [7, 11) is 3.26. The minimum atomic E-state index is -0.245. The Labute approximate surface area is 198 Å². The van der Waals surface area contributed by atoms with Crippen LogP contribution in [-0.2, 0) is 0 Å². The molecule has 5 rings (SSSR count). The van der Waals surface area contributed by atoms with Gasteiger partial charge in [0, 0.05) is 11.1 Å². The summed E-state index contributed by atoms with van der Waals surface area (Å²) in [6, 6.07) is 23.0. The summed E-state index contributed by atoms with van der Waals surface area (Å²) in [5.74, 6) is 1.75. The van der Waals surface area contributed by atoms with Gasteiger partial charge in [-0.1, -0.05) is 54.1 Å². The van der Waals surface area contributed by atoms with Gasteiger partial charge in [-0.2, -0.15) is 10.1 Å². The number of carbonyl (C=O) groups is 1. The second-order valence-electron chi connectivity index (χ2n) is 8.33.